The molecule has 3 N–H and O–H groups in total. The Bertz CT molecular complexity index is 698. The number of carbonyl (C=O) groups is 1. The average Bonchev–Trinajstić information content (AvgIpc) is 3.22. The van der Waals surface area contributed by atoms with Gasteiger partial charge in [-0.3, -0.25) is 15.1 Å². The van der Waals surface area contributed by atoms with Gasteiger partial charge in [0.05, 0.1) is 11.4 Å². The van der Waals surface area contributed by atoms with Crippen molar-refractivity contribution in [1.29, 1.82) is 0 Å². The molecule has 7 nitrogen and oxygen atoms in total. The molecule has 1 aliphatic carbocycles. The Kier molecular flexibility index (Phi) is 4.87. The molecule has 1 atom stereocenters. The van der Waals surface area contributed by atoms with Gasteiger partial charge in [0.15, 0.2) is 0 Å². The van der Waals surface area contributed by atoms with E-state index in [0.29, 0.717) is 12.3 Å². The monoisotopic (exact) mass is 330 g/mol. The minimum absolute atomic E-state index is 0.00442. The van der Waals surface area contributed by atoms with Gasteiger partial charge in [0, 0.05) is 37.2 Å². The van der Waals surface area contributed by atoms with Crippen LogP contribution in [0.5, 0.6) is 0 Å². The van der Waals surface area contributed by atoms with E-state index < -0.39 is 0 Å². The normalized spacial score (nSPS) is 16.3. The highest BCUT2D eigenvalue weighted by atomic mass is 16.2. The number of rotatable bonds is 5. The molecular formula is C17H26N6O. The first kappa shape index (κ1) is 16.5. The second-order valence-corrected chi connectivity index (χ2v) is 6.81. The molecule has 0 unspecified atom stereocenters. The van der Waals surface area contributed by atoms with E-state index in [1.165, 1.54) is 25.7 Å². The number of H-pyrrole nitrogens is 1. The van der Waals surface area contributed by atoms with Gasteiger partial charge in [-0.25, -0.2) is 4.79 Å². The van der Waals surface area contributed by atoms with E-state index in [1.54, 1.807) is 4.68 Å². The third-order valence-electron chi connectivity index (χ3n) is 4.57. The molecule has 0 spiro atoms. The van der Waals surface area contributed by atoms with Gasteiger partial charge < -0.3 is 5.32 Å². The van der Waals surface area contributed by atoms with Crippen LogP contribution in [0.25, 0.3) is 0 Å². The first-order valence-electron chi connectivity index (χ1n) is 8.63. The number of amides is 2. The average molecular weight is 330 g/mol. The molecule has 2 heterocycles. The molecule has 2 aromatic heterocycles. The maximum absolute atomic E-state index is 12.2. The molecule has 1 fully saturated rings. The lowest BCUT2D eigenvalue weighted by atomic mass is 10.0. The van der Waals surface area contributed by atoms with Gasteiger partial charge in [-0.05, 0) is 32.8 Å². The molecule has 1 saturated carbocycles. The van der Waals surface area contributed by atoms with E-state index >= 15 is 0 Å². The van der Waals surface area contributed by atoms with Crippen LogP contribution >= 0.6 is 0 Å². The van der Waals surface area contributed by atoms with E-state index in [2.05, 4.69) is 25.9 Å². The second-order valence-electron chi connectivity index (χ2n) is 6.81. The summed E-state index contributed by atoms with van der Waals surface area (Å²) < 4.78 is 1.75. The van der Waals surface area contributed by atoms with Crippen molar-refractivity contribution in [3.8, 4) is 0 Å². The Morgan fingerprint density at radius 2 is 2.17 bits per heavy atom. The van der Waals surface area contributed by atoms with Crippen molar-refractivity contribution in [2.45, 2.75) is 57.9 Å². The summed E-state index contributed by atoms with van der Waals surface area (Å²) >= 11 is 0. The fourth-order valence-corrected chi connectivity index (χ4v) is 3.35. The van der Waals surface area contributed by atoms with Crippen molar-refractivity contribution in [3.63, 3.8) is 0 Å². The summed E-state index contributed by atoms with van der Waals surface area (Å²) in [5.74, 6) is 1.27. The third-order valence-corrected chi connectivity index (χ3v) is 4.57. The SMILES string of the molecule is Cc1cc(C[C@H](C)NC(=O)Nc2cc(C3CCCC3)nn2C)n[nH]1. The summed E-state index contributed by atoms with van der Waals surface area (Å²) in [5.41, 5.74) is 3.06. The van der Waals surface area contributed by atoms with Crippen LogP contribution in [0.2, 0.25) is 0 Å². The highest BCUT2D eigenvalue weighted by molar-refractivity contribution is 5.88. The zero-order valence-electron chi connectivity index (χ0n) is 14.6. The summed E-state index contributed by atoms with van der Waals surface area (Å²) in [6, 6.07) is 3.77. The predicted molar refractivity (Wildman–Crippen MR) is 93.1 cm³/mol. The molecule has 0 bridgehead atoms. The van der Waals surface area contributed by atoms with Crippen molar-refractivity contribution in [3.05, 3.63) is 29.2 Å². The molecule has 2 amide bonds. The number of anilines is 1. The number of carbonyl (C=O) groups excluding carboxylic acids is 1. The van der Waals surface area contributed by atoms with E-state index in [1.807, 2.05) is 33.0 Å². The van der Waals surface area contributed by atoms with E-state index in [0.717, 1.165) is 22.9 Å². The topological polar surface area (TPSA) is 87.6 Å². The van der Waals surface area contributed by atoms with Crippen molar-refractivity contribution in [1.82, 2.24) is 25.3 Å². The van der Waals surface area contributed by atoms with Gasteiger partial charge in [0.25, 0.3) is 0 Å². The highest BCUT2D eigenvalue weighted by Gasteiger charge is 2.21. The van der Waals surface area contributed by atoms with Crippen LogP contribution in [-0.4, -0.2) is 32.1 Å². The molecule has 0 aromatic carbocycles. The Hall–Kier alpha value is -2.31. The highest BCUT2D eigenvalue weighted by Crippen LogP contribution is 2.34. The largest absolute Gasteiger partial charge is 0.335 e. The lowest BCUT2D eigenvalue weighted by molar-refractivity contribution is 0.249. The van der Waals surface area contributed by atoms with Crippen molar-refractivity contribution >= 4 is 11.8 Å². The molecular weight excluding hydrogens is 304 g/mol. The first-order chi connectivity index (χ1) is 11.5. The predicted octanol–water partition coefficient (Wildman–Crippen LogP) is 2.86. The van der Waals surface area contributed by atoms with Crippen molar-refractivity contribution in [2.75, 3.05) is 5.32 Å². The molecule has 130 valence electrons. The summed E-state index contributed by atoms with van der Waals surface area (Å²) in [6.45, 7) is 3.93. The van der Waals surface area contributed by atoms with Crippen molar-refractivity contribution < 1.29 is 4.79 Å². The molecule has 24 heavy (non-hydrogen) atoms. The molecule has 0 aliphatic heterocycles. The van der Waals surface area contributed by atoms with Gasteiger partial charge in [-0.2, -0.15) is 10.2 Å². The number of hydrogen-bond acceptors (Lipinski definition) is 3. The summed E-state index contributed by atoms with van der Waals surface area (Å²) in [5, 5.41) is 17.5. The summed E-state index contributed by atoms with van der Waals surface area (Å²) in [6.07, 6.45) is 5.63. The zero-order valence-corrected chi connectivity index (χ0v) is 14.6. The maximum atomic E-state index is 12.2. The number of aromatic amines is 1. The number of urea groups is 1. The molecule has 3 rings (SSSR count). The van der Waals surface area contributed by atoms with Crippen LogP contribution in [0.15, 0.2) is 12.1 Å². The minimum atomic E-state index is -0.212. The molecule has 0 radical (unpaired) electrons. The van der Waals surface area contributed by atoms with Crippen molar-refractivity contribution in [2.24, 2.45) is 7.05 Å². The number of nitrogens with one attached hydrogen (secondary N) is 3. The fraction of sp³-hybridized carbons (Fsp3) is 0.588. The quantitative estimate of drug-likeness (QED) is 0.787. The smallest absolute Gasteiger partial charge is 0.320 e. The van der Waals surface area contributed by atoms with Crippen LogP contribution in [0.4, 0.5) is 10.6 Å². The maximum Gasteiger partial charge on any atom is 0.320 e. The second kappa shape index (κ2) is 7.07. The van der Waals surface area contributed by atoms with E-state index in [9.17, 15) is 4.79 Å². The van der Waals surface area contributed by atoms with Crippen LogP contribution in [0.3, 0.4) is 0 Å². The number of aryl methyl sites for hydroxylation is 2. The lowest BCUT2D eigenvalue weighted by Crippen LogP contribution is -2.37. The molecule has 7 heteroatoms. The van der Waals surface area contributed by atoms with E-state index in [4.69, 9.17) is 0 Å². The molecule has 1 aliphatic rings. The zero-order chi connectivity index (χ0) is 17.1. The number of nitrogens with zero attached hydrogens (tertiary/aromatic N) is 3. The molecule has 2 aromatic rings. The van der Waals surface area contributed by atoms with Gasteiger partial charge in [0.2, 0.25) is 0 Å². The standard InChI is InChI=1S/C17H26N6O/c1-11(8-14-9-12(2)20-21-14)18-17(24)19-16-10-15(22-23(16)3)13-6-4-5-7-13/h9-11,13H,4-8H2,1-3H3,(H,20,21)(H2,18,19,24)/t11-/m0/s1. The Morgan fingerprint density at radius 3 is 2.83 bits per heavy atom. The van der Waals surface area contributed by atoms with E-state index in [-0.39, 0.29) is 12.1 Å². The van der Waals surface area contributed by atoms with Crippen LogP contribution < -0.4 is 10.6 Å². The minimum Gasteiger partial charge on any atom is -0.335 e. The first-order valence-corrected chi connectivity index (χ1v) is 8.63. The van der Waals surface area contributed by atoms with Gasteiger partial charge in [-0.15, -0.1) is 0 Å². The third kappa shape index (κ3) is 3.96. The lowest BCUT2D eigenvalue weighted by Gasteiger charge is -2.13. The Morgan fingerprint density at radius 1 is 1.42 bits per heavy atom. The van der Waals surface area contributed by atoms with Gasteiger partial charge >= 0.3 is 6.03 Å². The Balaban J connectivity index is 1.54. The van der Waals surface area contributed by atoms with Crippen LogP contribution in [0, 0.1) is 6.92 Å². The number of aromatic nitrogens is 4. The number of hydrogen-bond donors (Lipinski definition) is 3. The molecule has 0 saturated heterocycles. The van der Waals surface area contributed by atoms with Gasteiger partial charge in [-0.1, -0.05) is 12.8 Å². The summed E-state index contributed by atoms with van der Waals surface area (Å²) in [7, 11) is 1.87. The fourth-order valence-electron chi connectivity index (χ4n) is 3.35. The van der Waals surface area contributed by atoms with Crippen LogP contribution in [0.1, 0.15) is 55.6 Å². The summed E-state index contributed by atoms with van der Waals surface area (Å²) in [4.78, 5) is 12.2. The Labute approximate surface area is 142 Å². The van der Waals surface area contributed by atoms with Gasteiger partial charge in [0.1, 0.15) is 5.82 Å². The van der Waals surface area contributed by atoms with Crippen LogP contribution in [-0.2, 0) is 13.5 Å².